The lowest BCUT2D eigenvalue weighted by atomic mass is 10.1. The number of aromatic nitrogens is 2. The number of nitrogens with one attached hydrogen (secondary N) is 1. The zero-order chi connectivity index (χ0) is 9.10. The summed E-state index contributed by atoms with van der Waals surface area (Å²) in [5, 5.41) is 3.82. The standard InChI is InChI=1S/C9H10ClN3/c10-8-5-12-9(13-6-8)7-1-3-11-4-2-7/h1,5-6,11H,2-4H2. The van der Waals surface area contributed by atoms with Crippen molar-refractivity contribution in [2.24, 2.45) is 0 Å². The number of nitrogens with zero attached hydrogens (tertiary/aromatic N) is 2. The third kappa shape index (κ3) is 2.05. The van der Waals surface area contributed by atoms with Crippen molar-refractivity contribution in [3.8, 4) is 0 Å². The van der Waals surface area contributed by atoms with E-state index < -0.39 is 0 Å². The average molecular weight is 196 g/mol. The second-order valence-corrected chi connectivity index (χ2v) is 3.34. The van der Waals surface area contributed by atoms with Crippen molar-refractivity contribution in [3.05, 3.63) is 29.3 Å². The Morgan fingerprint density at radius 1 is 1.31 bits per heavy atom. The van der Waals surface area contributed by atoms with Crippen LogP contribution in [0.25, 0.3) is 5.57 Å². The molecular weight excluding hydrogens is 186 g/mol. The van der Waals surface area contributed by atoms with E-state index in [1.165, 1.54) is 5.57 Å². The Hall–Kier alpha value is -0.930. The minimum atomic E-state index is 0.582. The Balaban J connectivity index is 2.24. The van der Waals surface area contributed by atoms with Gasteiger partial charge in [-0.2, -0.15) is 0 Å². The molecule has 0 atom stereocenters. The first-order valence-electron chi connectivity index (χ1n) is 4.24. The summed E-state index contributed by atoms with van der Waals surface area (Å²) in [6, 6.07) is 0. The van der Waals surface area contributed by atoms with Gasteiger partial charge in [0.1, 0.15) is 0 Å². The van der Waals surface area contributed by atoms with Crippen LogP contribution in [0, 0.1) is 0 Å². The summed E-state index contributed by atoms with van der Waals surface area (Å²) >= 11 is 5.69. The van der Waals surface area contributed by atoms with Crippen molar-refractivity contribution in [1.82, 2.24) is 15.3 Å². The highest BCUT2D eigenvalue weighted by Gasteiger charge is 2.07. The van der Waals surface area contributed by atoms with Crippen molar-refractivity contribution in [2.75, 3.05) is 13.1 Å². The van der Waals surface area contributed by atoms with E-state index in [2.05, 4.69) is 21.4 Å². The van der Waals surface area contributed by atoms with Crippen molar-refractivity contribution in [3.63, 3.8) is 0 Å². The zero-order valence-electron chi connectivity index (χ0n) is 7.13. The Labute approximate surface area is 81.9 Å². The molecule has 0 unspecified atom stereocenters. The molecule has 0 aromatic carbocycles. The fourth-order valence-electron chi connectivity index (χ4n) is 1.30. The van der Waals surface area contributed by atoms with Crippen molar-refractivity contribution in [1.29, 1.82) is 0 Å². The van der Waals surface area contributed by atoms with E-state index in [0.717, 1.165) is 25.3 Å². The van der Waals surface area contributed by atoms with Gasteiger partial charge >= 0.3 is 0 Å². The van der Waals surface area contributed by atoms with Gasteiger partial charge in [0.2, 0.25) is 0 Å². The summed E-state index contributed by atoms with van der Waals surface area (Å²) in [5.41, 5.74) is 1.20. The smallest absolute Gasteiger partial charge is 0.154 e. The van der Waals surface area contributed by atoms with E-state index in [4.69, 9.17) is 11.6 Å². The van der Waals surface area contributed by atoms with E-state index in [1.54, 1.807) is 12.4 Å². The normalized spacial score (nSPS) is 16.8. The number of hydrogen-bond acceptors (Lipinski definition) is 3. The first-order valence-corrected chi connectivity index (χ1v) is 4.62. The van der Waals surface area contributed by atoms with Gasteiger partial charge in [-0.25, -0.2) is 9.97 Å². The number of halogens is 1. The molecule has 13 heavy (non-hydrogen) atoms. The SMILES string of the molecule is Clc1cnc(C2=CCNCC2)nc1. The van der Waals surface area contributed by atoms with Crippen LogP contribution in [-0.2, 0) is 0 Å². The molecule has 0 spiro atoms. The van der Waals surface area contributed by atoms with E-state index >= 15 is 0 Å². The van der Waals surface area contributed by atoms with Crippen LogP contribution < -0.4 is 5.32 Å². The van der Waals surface area contributed by atoms with Gasteiger partial charge in [-0.1, -0.05) is 17.7 Å². The second kappa shape index (κ2) is 3.85. The molecule has 0 fully saturated rings. The first-order chi connectivity index (χ1) is 6.36. The molecular formula is C9H10ClN3. The fourth-order valence-corrected chi connectivity index (χ4v) is 1.40. The van der Waals surface area contributed by atoms with Gasteiger partial charge in [-0.05, 0) is 18.5 Å². The summed E-state index contributed by atoms with van der Waals surface area (Å²) in [6.45, 7) is 1.90. The molecule has 1 aromatic heterocycles. The Morgan fingerprint density at radius 3 is 2.69 bits per heavy atom. The average Bonchev–Trinajstić information content (AvgIpc) is 2.20. The summed E-state index contributed by atoms with van der Waals surface area (Å²) in [6.07, 6.45) is 6.37. The molecule has 0 aliphatic carbocycles. The predicted molar refractivity (Wildman–Crippen MR) is 52.5 cm³/mol. The minimum Gasteiger partial charge on any atom is -0.313 e. The van der Waals surface area contributed by atoms with Crippen molar-refractivity contribution in [2.45, 2.75) is 6.42 Å². The lowest BCUT2D eigenvalue weighted by Gasteiger charge is -2.12. The highest BCUT2D eigenvalue weighted by molar-refractivity contribution is 6.30. The maximum atomic E-state index is 5.69. The van der Waals surface area contributed by atoms with Crippen LogP contribution in [0.4, 0.5) is 0 Å². The Bertz CT molecular complexity index is 318. The lowest BCUT2D eigenvalue weighted by molar-refractivity contribution is 0.734. The first kappa shape index (κ1) is 8.66. The summed E-state index contributed by atoms with van der Waals surface area (Å²) in [4.78, 5) is 8.33. The molecule has 0 radical (unpaired) electrons. The molecule has 0 saturated heterocycles. The van der Waals surface area contributed by atoms with Gasteiger partial charge in [0.05, 0.1) is 5.02 Å². The predicted octanol–water partition coefficient (Wildman–Crippen LogP) is 1.51. The fraction of sp³-hybridized carbons (Fsp3) is 0.333. The zero-order valence-corrected chi connectivity index (χ0v) is 7.88. The molecule has 3 nitrogen and oxygen atoms in total. The third-order valence-electron chi connectivity index (χ3n) is 1.97. The Morgan fingerprint density at radius 2 is 2.08 bits per heavy atom. The summed E-state index contributed by atoms with van der Waals surface area (Å²) < 4.78 is 0. The second-order valence-electron chi connectivity index (χ2n) is 2.91. The van der Waals surface area contributed by atoms with Gasteiger partial charge in [0.25, 0.3) is 0 Å². The quantitative estimate of drug-likeness (QED) is 0.738. The van der Waals surface area contributed by atoms with Crippen LogP contribution in [0.15, 0.2) is 18.5 Å². The van der Waals surface area contributed by atoms with E-state index in [1.807, 2.05) is 0 Å². The van der Waals surface area contributed by atoms with Crippen LogP contribution in [0.3, 0.4) is 0 Å². The van der Waals surface area contributed by atoms with Gasteiger partial charge in [-0.3, -0.25) is 0 Å². The molecule has 0 amide bonds. The molecule has 1 aliphatic heterocycles. The highest BCUT2D eigenvalue weighted by Crippen LogP contribution is 2.15. The van der Waals surface area contributed by atoms with E-state index in [9.17, 15) is 0 Å². The Kier molecular flexibility index (Phi) is 2.57. The molecule has 1 N–H and O–H groups in total. The third-order valence-corrected chi connectivity index (χ3v) is 2.17. The largest absolute Gasteiger partial charge is 0.313 e. The van der Waals surface area contributed by atoms with E-state index in [-0.39, 0.29) is 0 Å². The van der Waals surface area contributed by atoms with Gasteiger partial charge in [0, 0.05) is 18.9 Å². The van der Waals surface area contributed by atoms with Crippen molar-refractivity contribution < 1.29 is 0 Å². The van der Waals surface area contributed by atoms with Crippen LogP contribution in [0.5, 0.6) is 0 Å². The van der Waals surface area contributed by atoms with Crippen molar-refractivity contribution >= 4 is 17.2 Å². The molecule has 0 bridgehead atoms. The van der Waals surface area contributed by atoms with Crippen LogP contribution >= 0.6 is 11.6 Å². The van der Waals surface area contributed by atoms with Crippen LogP contribution in [0.2, 0.25) is 5.02 Å². The molecule has 1 aliphatic rings. The molecule has 1 aromatic rings. The van der Waals surface area contributed by atoms with Crippen LogP contribution in [0.1, 0.15) is 12.2 Å². The maximum absolute atomic E-state index is 5.69. The van der Waals surface area contributed by atoms with Gasteiger partial charge in [0.15, 0.2) is 5.82 Å². The van der Waals surface area contributed by atoms with Crippen LogP contribution in [-0.4, -0.2) is 23.1 Å². The van der Waals surface area contributed by atoms with E-state index in [0.29, 0.717) is 5.02 Å². The maximum Gasteiger partial charge on any atom is 0.154 e. The molecule has 4 heteroatoms. The minimum absolute atomic E-state index is 0.582. The molecule has 2 rings (SSSR count). The number of hydrogen-bond donors (Lipinski definition) is 1. The number of rotatable bonds is 1. The molecule has 2 heterocycles. The molecule has 0 saturated carbocycles. The summed E-state index contributed by atoms with van der Waals surface area (Å²) in [7, 11) is 0. The highest BCUT2D eigenvalue weighted by atomic mass is 35.5. The van der Waals surface area contributed by atoms with Gasteiger partial charge < -0.3 is 5.32 Å². The van der Waals surface area contributed by atoms with Gasteiger partial charge in [-0.15, -0.1) is 0 Å². The monoisotopic (exact) mass is 195 g/mol. The molecule has 68 valence electrons. The topological polar surface area (TPSA) is 37.8 Å². The lowest BCUT2D eigenvalue weighted by Crippen LogP contribution is -2.20. The summed E-state index contributed by atoms with van der Waals surface area (Å²) in [5.74, 6) is 0.797.